The van der Waals surface area contributed by atoms with Crippen molar-refractivity contribution in [3.8, 4) is 11.4 Å². The number of nitrogens with one attached hydrogen (secondary N) is 1. The Kier molecular flexibility index (Phi) is 5.89. The fraction of sp³-hybridized carbons (Fsp3) is 0.161. The molecule has 1 aliphatic heterocycles. The van der Waals surface area contributed by atoms with E-state index in [4.69, 9.17) is 21.9 Å². The fourth-order valence-electron chi connectivity index (χ4n) is 5.55. The summed E-state index contributed by atoms with van der Waals surface area (Å²) in [6.07, 6.45) is 1.84. The van der Waals surface area contributed by atoms with Gasteiger partial charge < -0.3 is 19.5 Å². The third-order valence-corrected chi connectivity index (χ3v) is 7.56. The Balaban J connectivity index is 1.53. The molecular weight excluding hydrogens is 476 g/mol. The number of hydrogen-bond acceptors (Lipinski definition) is 3. The maximum atomic E-state index is 5.93. The number of rotatable bonds is 5. The van der Waals surface area contributed by atoms with E-state index < -0.39 is 0 Å². The standard InChI is InChI=1S/C31H28N4OS/c1-20-19-26(21(2)34(20)28-13-8-10-22-9-4-5-11-25(22)28)30-29(27-12-6-7-18-32-27)33-31(37)35(30)23-14-16-24(36-3)17-15-23/h4-19,29-30H,1-3H3,(H,33,37)/t29-,30-/m0/s1. The zero-order chi connectivity index (χ0) is 25.5. The van der Waals surface area contributed by atoms with E-state index in [-0.39, 0.29) is 12.1 Å². The number of methoxy groups -OCH3 is 1. The maximum absolute atomic E-state index is 5.93. The molecule has 0 spiro atoms. The van der Waals surface area contributed by atoms with E-state index in [1.807, 2.05) is 30.5 Å². The van der Waals surface area contributed by atoms with Crippen molar-refractivity contribution in [1.82, 2.24) is 14.9 Å². The van der Waals surface area contributed by atoms with Crippen LogP contribution in [0.3, 0.4) is 0 Å². The highest BCUT2D eigenvalue weighted by Gasteiger charge is 2.42. The lowest BCUT2D eigenvalue weighted by Crippen LogP contribution is -2.29. The van der Waals surface area contributed by atoms with Gasteiger partial charge in [0.2, 0.25) is 0 Å². The number of benzene rings is 3. The lowest BCUT2D eigenvalue weighted by Gasteiger charge is -2.28. The molecule has 0 unspecified atom stereocenters. The van der Waals surface area contributed by atoms with Crippen LogP contribution in [0.2, 0.25) is 0 Å². The highest BCUT2D eigenvalue weighted by atomic mass is 32.1. The van der Waals surface area contributed by atoms with Crippen LogP contribution in [0.4, 0.5) is 5.69 Å². The van der Waals surface area contributed by atoms with E-state index in [2.05, 4.69) is 95.4 Å². The fourth-order valence-corrected chi connectivity index (χ4v) is 5.90. The number of nitrogens with zero attached hydrogens (tertiary/aromatic N) is 3. The molecule has 0 saturated carbocycles. The Labute approximate surface area is 222 Å². The van der Waals surface area contributed by atoms with Gasteiger partial charge in [0.25, 0.3) is 0 Å². The molecule has 5 nitrogen and oxygen atoms in total. The number of hydrogen-bond donors (Lipinski definition) is 1. The molecule has 6 rings (SSSR count). The molecule has 1 N–H and O–H groups in total. The first-order chi connectivity index (χ1) is 18.1. The SMILES string of the molecule is COc1ccc(N2C(=S)N[C@@H](c3ccccn3)[C@@H]2c2cc(C)n(-c3cccc4ccccc34)c2C)cc1. The molecule has 3 heterocycles. The largest absolute Gasteiger partial charge is 0.497 e. The third-order valence-electron chi connectivity index (χ3n) is 7.25. The molecule has 0 radical (unpaired) electrons. The number of aromatic nitrogens is 2. The number of fused-ring (bicyclic) bond motifs is 1. The molecule has 2 atom stereocenters. The summed E-state index contributed by atoms with van der Waals surface area (Å²) in [4.78, 5) is 6.92. The molecule has 0 aliphatic carbocycles. The molecule has 1 fully saturated rings. The Morgan fingerprint density at radius 2 is 1.65 bits per heavy atom. The predicted octanol–water partition coefficient (Wildman–Crippen LogP) is 6.83. The van der Waals surface area contributed by atoms with Gasteiger partial charge in [-0.15, -0.1) is 0 Å². The summed E-state index contributed by atoms with van der Waals surface area (Å²) in [5, 5.41) is 6.71. The number of aryl methyl sites for hydroxylation is 1. The highest BCUT2D eigenvalue weighted by molar-refractivity contribution is 7.80. The number of pyridine rings is 1. The van der Waals surface area contributed by atoms with E-state index in [1.165, 1.54) is 33.4 Å². The van der Waals surface area contributed by atoms with Crippen LogP contribution in [0.1, 0.15) is 34.7 Å². The van der Waals surface area contributed by atoms with Crippen molar-refractivity contribution < 1.29 is 4.74 Å². The number of thiocarbonyl (C=S) groups is 1. The molecule has 1 aliphatic rings. The van der Waals surface area contributed by atoms with Crippen LogP contribution >= 0.6 is 12.2 Å². The average molecular weight is 505 g/mol. The Bertz CT molecular complexity index is 1590. The van der Waals surface area contributed by atoms with Crippen LogP contribution in [-0.2, 0) is 0 Å². The minimum Gasteiger partial charge on any atom is -0.497 e. The summed E-state index contributed by atoms with van der Waals surface area (Å²) in [6, 6.07) is 31.2. The minimum absolute atomic E-state index is 0.0780. The number of ether oxygens (including phenoxy) is 1. The van der Waals surface area contributed by atoms with Gasteiger partial charge in [0.1, 0.15) is 5.75 Å². The van der Waals surface area contributed by atoms with Crippen molar-refractivity contribution in [3.05, 3.63) is 120 Å². The monoisotopic (exact) mass is 504 g/mol. The van der Waals surface area contributed by atoms with Gasteiger partial charge in [0.05, 0.1) is 30.6 Å². The first kappa shape index (κ1) is 23.3. The van der Waals surface area contributed by atoms with Crippen molar-refractivity contribution in [2.75, 3.05) is 12.0 Å². The molecular formula is C31H28N4OS. The number of anilines is 1. The molecule has 3 aromatic carbocycles. The van der Waals surface area contributed by atoms with Crippen LogP contribution in [0.25, 0.3) is 16.5 Å². The van der Waals surface area contributed by atoms with Gasteiger partial charge in [-0.05, 0) is 85.5 Å². The second-order valence-corrected chi connectivity index (χ2v) is 9.74. The molecule has 0 amide bonds. The summed E-state index contributed by atoms with van der Waals surface area (Å²) < 4.78 is 7.76. The van der Waals surface area contributed by atoms with Crippen LogP contribution in [0.15, 0.2) is 97.2 Å². The quantitative estimate of drug-likeness (QED) is 0.266. The average Bonchev–Trinajstić information content (AvgIpc) is 3.43. The first-order valence-corrected chi connectivity index (χ1v) is 12.8. The van der Waals surface area contributed by atoms with Crippen molar-refractivity contribution in [2.24, 2.45) is 0 Å². The van der Waals surface area contributed by atoms with Crippen LogP contribution in [0, 0.1) is 13.8 Å². The van der Waals surface area contributed by atoms with Crippen molar-refractivity contribution in [1.29, 1.82) is 0 Å². The van der Waals surface area contributed by atoms with Gasteiger partial charge in [-0.3, -0.25) is 4.98 Å². The van der Waals surface area contributed by atoms with Crippen LogP contribution < -0.4 is 15.0 Å². The maximum Gasteiger partial charge on any atom is 0.174 e. The smallest absolute Gasteiger partial charge is 0.174 e. The van der Waals surface area contributed by atoms with E-state index in [0.29, 0.717) is 5.11 Å². The summed E-state index contributed by atoms with van der Waals surface area (Å²) >= 11 is 5.93. The van der Waals surface area contributed by atoms with Gasteiger partial charge in [-0.2, -0.15) is 0 Å². The normalized spacial score (nSPS) is 17.3. The van der Waals surface area contributed by atoms with Gasteiger partial charge in [0, 0.05) is 28.7 Å². The summed E-state index contributed by atoms with van der Waals surface area (Å²) in [5.74, 6) is 0.814. The minimum atomic E-state index is -0.0998. The summed E-state index contributed by atoms with van der Waals surface area (Å²) in [6.45, 7) is 4.37. The molecule has 0 bridgehead atoms. The molecule has 6 heteroatoms. The van der Waals surface area contributed by atoms with Gasteiger partial charge in [0.15, 0.2) is 5.11 Å². The second-order valence-electron chi connectivity index (χ2n) is 9.35. The second kappa shape index (κ2) is 9.37. The lowest BCUT2D eigenvalue weighted by molar-refractivity contribution is 0.415. The Hall–Kier alpha value is -4.16. The van der Waals surface area contributed by atoms with Crippen LogP contribution in [0.5, 0.6) is 5.75 Å². The Morgan fingerprint density at radius 3 is 2.41 bits per heavy atom. The molecule has 184 valence electrons. The van der Waals surface area contributed by atoms with Gasteiger partial charge in [-0.1, -0.05) is 42.5 Å². The molecule has 2 aromatic heterocycles. The summed E-state index contributed by atoms with van der Waals surface area (Å²) in [7, 11) is 1.68. The van der Waals surface area contributed by atoms with Crippen LogP contribution in [-0.4, -0.2) is 21.8 Å². The van der Waals surface area contributed by atoms with E-state index >= 15 is 0 Å². The third kappa shape index (κ3) is 3.94. The van der Waals surface area contributed by atoms with Crippen molar-refractivity contribution in [3.63, 3.8) is 0 Å². The van der Waals surface area contributed by atoms with Gasteiger partial charge >= 0.3 is 0 Å². The zero-order valence-corrected chi connectivity index (χ0v) is 21.9. The highest BCUT2D eigenvalue weighted by Crippen LogP contribution is 2.44. The molecule has 37 heavy (non-hydrogen) atoms. The molecule has 5 aromatic rings. The van der Waals surface area contributed by atoms with E-state index in [9.17, 15) is 0 Å². The van der Waals surface area contributed by atoms with Crippen molar-refractivity contribution in [2.45, 2.75) is 25.9 Å². The topological polar surface area (TPSA) is 42.3 Å². The Morgan fingerprint density at radius 1 is 0.892 bits per heavy atom. The predicted molar refractivity (Wildman–Crippen MR) is 154 cm³/mol. The van der Waals surface area contributed by atoms with E-state index in [1.54, 1.807) is 7.11 Å². The van der Waals surface area contributed by atoms with Crippen molar-refractivity contribution >= 4 is 33.8 Å². The molecule has 1 saturated heterocycles. The summed E-state index contributed by atoms with van der Waals surface area (Å²) in [5.41, 5.74) is 6.72. The van der Waals surface area contributed by atoms with E-state index in [0.717, 1.165) is 17.1 Å². The first-order valence-electron chi connectivity index (χ1n) is 12.4. The van der Waals surface area contributed by atoms with Gasteiger partial charge in [-0.25, -0.2) is 0 Å². The zero-order valence-electron chi connectivity index (χ0n) is 21.1. The lowest BCUT2D eigenvalue weighted by atomic mass is 9.96.